The molecular weight excluding hydrogens is 362 g/mol. The summed E-state index contributed by atoms with van der Waals surface area (Å²) >= 11 is 1.21. The van der Waals surface area contributed by atoms with Crippen molar-refractivity contribution in [3.8, 4) is 11.5 Å². The number of amides is 1. The van der Waals surface area contributed by atoms with Crippen LogP contribution in [0.25, 0.3) is 11.5 Å². The summed E-state index contributed by atoms with van der Waals surface area (Å²) in [6.45, 7) is 2.00. The number of hydrogen-bond acceptors (Lipinski definition) is 6. The Morgan fingerprint density at radius 2 is 2.07 bits per heavy atom. The number of ketones is 1. The van der Waals surface area contributed by atoms with Crippen LogP contribution >= 0.6 is 11.8 Å². The number of benzene rings is 2. The number of aromatic nitrogens is 2. The Balaban J connectivity index is 1.43. The minimum atomic E-state index is -0.0416. The third-order valence-electron chi connectivity index (χ3n) is 4.48. The topological polar surface area (TPSA) is 76.3 Å². The number of hydrogen-bond donors (Lipinski definition) is 0. The molecule has 1 amide bonds. The average Bonchev–Trinajstić information content (AvgIpc) is 3.24. The van der Waals surface area contributed by atoms with Gasteiger partial charge in [-0.1, -0.05) is 29.5 Å². The fourth-order valence-electron chi connectivity index (χ4n) is 3.02. The van der Waals surface area contributed by atoms with Crippen LogP contribution in [0.3, 0.4) is 0 Å². The van der Waals surface area contributed by atoms with E-state index in [1.807, 2.05) is 37.3 Å². The highest BCUT2D eigenvalue weighted by molar-refractivity contribution is 7.99. The smallest absolute Gasteiger partial charge is 0.277 e. The largest absolute Gasteiger partial charge is 0.411 e. The highest BCUT2D eigenvalue weighted by Crippen LogP contribution is 2.29. The number of anilines is 1. The van der Waals surface area contributed by atoms with Crippen LogP contribution in [0.15, 0.2) is 52.1 Å². The van der Waals surface area contributed by atoms with E-state index in [0.717, 1.165) is 22.4 Å². The molecule has 2 heterocycles. The summed E-state index contributed by atoms with van der Waals surface area (Å²) in [6, 6.07) is 13.2. The summed E-state index contributed by atoms with van der Waals surface area (Å²) in [5.74, 6) is 0.629. The maximum absolute atomic E-state index is 12.5. The van der Waals surface area contributed by atoms with Crippen LogP contribution in [0.2, 0.25) is 0 Å². The van der Waals surface area contributed by atoms with Gasteiger partial charge >= 0.3 is 0 Å². The van der Waals surface area contributed by atoms with Gasteiger partial charge in [0.1, 0.15) is 0 Å². The van der Waals surface area contributed by atoms with Crippen molar-refractivity contribution in [1.82, 2.24) is 10.2 Å². The Kier molecular flexibility index (Phi) is 4.53. The first-order valence-corrected chi connectivity index (χ1v) is 9.46. The Labute approximate surface area is 160 Å². The van der Waals surface area contributed by atoms with Crippen molar-refractivity contribution >= 4 is 29.1 Å². The van der Waals surface area contributed by atoms with E-state index in [2.05, 4.69) is 10.2 Å². The normalized spacial score (nSPS) is 13.1. The lowest BCUT2D eigenvalue weighted by molar-refractivity contribution is -0.117. The molecular formula is C20H17N3O3S. The molecule has 1 aliphatic heterocycles. The van der Waals surface area contributed by atoms with Crippen molar-refractivity contribution in [2.75, 3.05) is 17.7 Å². The molecule has 0 fully saturated rings. The van der Waals surface area contributed by atoms with Gasteiger partial charge in [-0.15, -0.1) is 10.2 Å². The first kappa shape index (κ1) is 17.5. The molecule has 3 aromatic rings. The predicted molar refractivity (Wildman–Crippen MR) is 103 cm³/mol. The third kappa shape index (κ3) is 3.50. The molecule has 136 valence electrons. The molecule has 0 saturated carbocycles. The monoisotopic (exact) mass is 379 g/mol. The van der Waals surface area contributed by atoms with Gasteiger partial charge in [0.25, 0.3) is 5.22 Å². The molecule has 0 radical (unpaired) electrons. The molecule has 0 saturated heterocycles. The molecule has 4 rings (SSSR count). The number of carbonyl (C=O) groups excluding carboxylic acids is 2. The van der Waals surface area contributed by atoms with Gasteiger partial charge in [0.15, 0.2) is 5.78 Å². The van der Waals surface area contributed by atoms with Crippen LogP contribution in [-0.2, 0) is 11.2 Å². The van der Waals surface area contributed by atoms with Crippen molar-refractivity contribution in [2.24, 2.45) is 0 Å². The number of nitrogens with zero attached hydrogens (tertiary/aromatic N) is 3. The molecule has 0 spiro atoms. The quantitative estimate of drug-likeness (QED) is 0.498. The summed E-state index contributed by atoms with van der Waals surface area (Å²) in [6.07, 6.45) is 0.337. The van der Waals surface area contributed by atoms with Crippen LogP contribution in [0.4, 0.5) is 5.69 Å². The van der Waals surface area contributed by atoms with Gasteiger partial charge in [-0.3, -0.25) is 9.59 Å². The van der Waals surface area contributed by atoms with Gasteiger partial charge in [0.2, 0.25) is 11.8 Å². The van der Waals surface area contributed by atoms with E-state index in [-0.39, 0.29) is 17.4 Å². The summed E-state index contributed by atoms with van der Waals surface area (Å²) in [4.78, 5) is 25.9. The summed E-state index contributed by atoms with van der Waals surface area (Å²) in [5.41, 5.74) is 4.30. The van der Waals surface area contributed by atoms with Crippen LogP contribution < -0.4 is 4.90 Å². The maximum Gasteiger partial charge on any atom is 0.277 e. The maximum atomic E-state index is 12.5. The number of Topliss-reactive ketones (excluding diaryl/α,β-unsaturated/α-hetero) is 1. The molecule has 0 atom stereocenters. The lowest BCUT2D eigenvalue weighted by Gasteiger charge is -2.10. The fourth-order valence-corrected chi connectivity index (χ4v) is 3.67. The number of aryl methyl sites for hydroxylation is 1. The second-order valence-electron chi connectivity index (χ2n) is 6.43. The minimum absolute atomic E-state index is 0.0403. The lowest BCUT2D eigenvalue weighted by Crippen LogP contribution is -2.20. The minimum Gasteiger partial charge on any atom is -0.411 e. The average molecular weight is 379 g/mol. The molecule has 0 aliphatic carbocycles. The summed E-state index contributed by atoms with van der Waals surface area (Å²) in [5, 5.41) is 8.42. The van der Waals surface area contributed by atoms with E-state index in [1.165, 1.54) is 11.8 Å². The zero-order valence-corrected chi connectivity index (χ0v) is 15.7. The second kappa shape index (κ2) is 7.00. The highest BCUT2D eigenvalue weighted by Gasteiger charge is 2.24. The number of likely N-dealkylation sites (N-methyl/N-ethyl adjacent to an activating group) is 1. The van der Waals surface area contributed by atoms with Crippen molar-refractivity contribution < 1.29 is 14.0 Å². The molecule has 2 aromatic carbocycles. The highest BCUT2D eigenvalue weighted by atomic mass is 32.2. The van der Waals surface area contributed by atoms with E-state index >= 15 is 0 Å². The van der Waals surface area contributed by atoms with E-state index in [9.17, 15) is 9.59 Å². The molecule has 0 bridgehead atoms. The summed E-state index contributed by atoms with van der Waals surface area (Å²) < 4.78 is 5.65. The van der Waals surface area contributed by atoms with E-state index < -0.39 is 0 Å². The SMILES string of the molecule is Cc1cccc(-c2nnc(SCC(=O)c3ccc4c(c3)CC(=O)N4C)o2)c1. The molecule has 27 heavy (non-hydrogen) atoms. The number of carbonyl (C=O) groups is 2. The molecule has 1 aliphatic rings. The van der Waals surface area contributed by atoms with Crippen molar-refractivity contribution in [2.45, 2.75) is 18.6 Å². The van der Waals surface area contributed by atoms with Crippen molar-refractivity contribution in [1.29, 1.82) is 0 Å². The summed E-state index contributed by atoms with van der Waals surface area (Å²) in [7, 11) is 1.74. The lowest BCUT2D eigenvalue weighted by atomic mass is 10.1. The van der Waals surface area contributed by atoms with Gasteiger partial charge in [-0.2, -0.15) is 0 Å². The van der Waals surface area contributed by atoms with E-state index in [0.29, 0.717) is 23.1 Å². The van der Waals surface area contributed by atoms with Crippen LogP contribution in [0.5, 0.6) is 0 Å². The first-order valence-electron chi connectivity index (χ1n) is 8.47. The van der Waals surface area contributed by atoms with E-state index in [4.69, 9.17) is 4.42 Å². The van der Waals surface area contributed by atoms with Gasteiger partial charge < -0.3 is 9.32 Å². The molecule has 0 N–H and O–H groups in total. The Hall–Kier alpha value is -2.93. The fraction of sp³-hybridized carbons (Fsp3) is 0.200. The number of rotatable bonds is 5. The Morgan fingerprint density at radius 3 is 2.89 bits per heavy atom. The predicted octanol–water partition coefficient (Wildman–Crippen LogP) is 3.54. The van der Waals surface area contributed by atoms with Crippen molar-refractivity contribution in [3.05, 3.63) is 59.2 Å². The van der Waals surface area contributed by atoms with Gasteiger partial charge in [-0.25, -0.2) is 0 Å². The van der Waals surface area contributed by atoms with Gasteiger partial charge in [0.05, 0.1) is 12.2 Å². The van der Waals surface area contributed by atoms with Crippen LogP contribution in [0.1, 0.15) is 21.5 Å². The molecule has 6 nitrogen and oxygen atoms in total. The van der Waals surface area contributed by atoms with Crippen molar-refractivity contribution in [3.63, 3.8) is 0 Å². The Morgan fingerprint density at radius 1 is 1.22 bits per heavy atom. The molecule has 0 unspecified atom stereocenters. The zero-order valence-electron chi connectivity index (χ0n) is 14.9. The molecule has 1 aromatic heterocycles. The van der Waals surface area contributed by atoms with Crippen LogP contribution in [0, 0.1) is 6.92 Å². The number of fused-ring (bicyclic) bond motifs is 1. The second-order valence-corrected chi connectivity index (χ2v) is 7.35. The first-order chi connectivity index (χ1) is 13.0. The van der Waals surface area contributed by atoms with Gasteiger partial charge in [-0.05, 0) is 42.8 Å². The van der Waals surface area contributed by atoms with Gasteiger partial charge in [0, 0.05) is 23.9 Å². The van der Waals surface area contributed by atoms with Crippen LogP contribution in [-0.4, -0.2) is 34.7 Å². The molecule has 7 heteroatoms. The Bertz CT molecular complexity index is 1040. The van der Waals surface area contributed by atoms with E-state index in [1.54, 1.807) is 24.1 Å². The zero-order chi connectivity index (χ0) is 19.0. The standard InChI is InChI=1S/C20H17N3O3S/c1-12-4-3-5-14(8-12)19-21-22-20(26-19)27-11-17(24)13-6-7-16-15(9-13)10-18(25)23(16)2/h3-9H,10-11H2,1-2H3. The number of thioether (sulfide) groups is 1. The third-order valence-corrected chi connectivity index (χ3v) is 5.30.